The topological polar surface area (TPSA) is 66.8 Å². The molecule has 0 fully saturated rings. The largest absolute Gasteiger partial charge is 0.507 e. The molecular formula is C19H15Br2F3O4. The summed E-state index contributed by atoms with van der Waals surface area (Å²) in [6.07, 6.45) is -6.25. The Hall–Kier alpha value is -2.00. The lowest BCUT2D eigenvalue weighted by molar-refractivity contribution is -0.187. The fourth-order valence-corrected chi connectivity index (χ4v) is 3.62. The van der Waals surface area contributed by atoms with Crippen LogP contribution in [0.25, 0.3) is 6.08 Å². The summed E-state index contributed by atoms with van der Waals surface area (Å²) in [6.45, 7) is 3.72. The standard InChI is InChI=1S/C12H8BrF3O3.C7H7BrO/c1-5-2-6-4-7(11(17)18)10(12(14,15)16)19-9(6)8(13)3-5;1-5-2-3-7(9)6(8)4-5/h2-4,10H,1H3,(H,17,18);2-4,9H,1H3. The van der Waals surface area contributed by atoms with Crippen molar-refractivity contribution in [1.29, 1.82) is 0 Å². The Morgan fingerprint density at radius 1 is 1.07 bits per heavy atom. The van der Waals surface area contributed by atoms with Crippen molar-refractivity contribution in [3.05, 3.63) is 61.5 Å². The van der Waals surface area contributed by atoms with Crippen molar-refractivity contribution in [3.63, 3.8) is 0 Å². The molecule has 1 unspecified atom stereocenters. The van der Waals surface area contributed by atoms with Crippen LogP contribution in [0.4, 0.5) is 13.2 Å². The zero-order chi connectivity index (χ0) is 21.2. The summed E-state index contributed by atoms with van der Waals surface area (Å²) in [5, 5.41) is 17.9. The van der Waals surface area contributed by atoms with E-state index >= 15 is 0 Å². The van der Waals surface area contributed by atoms with Crippen LogP contribution in [0.3, 0.4) is 0 Å². The third-order valence-electron chi connectivity index (χ3n) is 3.69. The summed E-state index contributed by atoms with van der Waals surface area (Å²) in [6, 6.07) is 8.57. The highest BCUT2D eigenvalue weighted by atomic mass is 79.9. The number of aryl methyl sites for hydroxylation is 2. The molecule has 0 saturated carbocycles. The van der Waals surface area contributed by atoms with Gasteiger partial charge in [-0.15, -0.1) is 0 Å². The Bertz CT molecular complexity index is 940. The highest BCUT2D eigenvalue weighted by Crippen LogP contribution is 2.41. The maximum absolute atomic E-state index is 12.8. The second-order valence-electron chi connectivity index (χ2n) is 6.06. The molecule has 0 aromatic heterocycles. The first kappa shape index (κ1) is 22.3. The third kappa shape index (κ3) is 5.29. The van der Waals surface area contributed by atoms with E-state index in [1.54, 1.807) is 25.1 Å². The van der Waals surface area contributed by atoms with Gasteiger partial charge in [0.15, 0.2) is 0 Å². The molecule has 0 aliphatic carbocycles. The Morgan fingerprint density at radius 3 is 2.18 bits per heavy atom. The second kappa shape index (κ2) is 8.57. The van der Waals surface area contributed by atoms with Gasteiger partial charge in [0.25, 0.3) is 0 Å². The van der Waals surface area contributed by atoms with Crippen LogP contribution in [0.2, 0.25) is 0 Å². The molecule has 1 atom stereocenters. The van der Waals surface area contributed by atoms with E-state index in [4.69, 9.17) is 14.9 Å². The number of hydrogen-bond acceptors (Lipinski definition) is 3. The molecule has 2 aromatic carbocycles. The molecule has 0 amide bonds. The first-order valence-electron chi connectivity index (χ1n) is 7.83. The van der Waals surface area contributed by atoms with E-state index in [1.165, 1.54) is 0 Å². The third-order valence-corrected chi connectivity index (χ3v) is 4.92. The molecule has 1 aliphatic rings. The van der Waals surface area contributed by atoms with Gasteiger partial charge in [-0.25, -0.2) is 4.79 Å². The lowest BCUT2D eigenvalue weighted by Gasteiger charge is -2.27. The maximum atomic E-state index is 12.8. The van der Waals surface area contributed by atoms with Crippen molar-refractivity contribution in [1.82, 2.24) is 0 Å². The van der Waals surface area contributed by atoms with Crippen LogP contribution in [0.15, 0.2) is 44.9 Å². The predicted octanol–water partition coefficient (Wildman–Crippen LogP) is 6.01. The average Bonchev–Trinajstić information content (AvgIpc) is 2.57. The number of rotatable bonds is 1. The van der Waals surface area contributed by atoms with Crippen LogP contribution in [0.5, 0.6) is 11.5 Å². The molecular weight excluding hydrogens is 509 g/mol. The van der Waals surface area contributed by atoms with E-state index in [0.29, 0.717) is 15.8 Å². The van der Waals surface area contributed by atoms with Crippen molar-refractivity contribution in [2.24, 2.45) is 0 Å². The number of phenolic OH excluding ortho intramolecular Hbond substituents is 1. The molecule has 4 nitrogen and oxygen atoms in total. The Morgan fingerprint density at radius 2 is 1.68 bits per heavy atom. The number of hydrogen-bond donors (Lipinski definition) is 2. The summed E-state index contributed by atoms with van der Waals surface area (Å²) in [5.41, 5.74) is 1.41. The lowest BCUT2D eigenvalue weighted by atomic mass is 10.00. The number of halogens is 5. The smallest absolute Gasteiger partial charge is 0.430 e. The zero-order valence-corrected chi connectivity index (χ0v) is 17.8. The van der Waals surface area contributed by atoms with Gasteiger partial charge in [-0.2, -0.15) is 13.2 Å². The van der Waals surface area contributed by atoms with Crippen molar-refractivity contribution in [2.45, 2.75) is 26.1 Å². The molecule has 150 valence electrons. The van der Waals surface area contributed by atoms with Gasteiger partial charge in [0, 0.05) is 5.56 Å². The molecule has 2 aromatic rings. The average molecular weight is 524 g/mol. The lowest BCUT2D eigenvalue weighted by Crippen LogP contribution is -2.40. The molecule has 9 heteroatoms. The number of aliphatic carboxylic acids is 1. The minimum Gasteiger partial charge on any atom is -0.507 e. The molecule has 0 spiro atoms. The summed E-state index contributed by atoms with van der Waals surface area (Å²) in [7, 11) is 0. The van der Waals surface area contributed by atoms with E-state index in [1.807, 2.05) is 19.1 Å². The van der Waals surface area contributed by atoms with Gasteiger partial charge < -0.3 is 14.9 Å². The number of carboxylic acid groups (broad SMARTS) is 1. The molecule has 28 heavy (non-hydrogen) atoms. The molecule has 1 heterocycles. The number of fused-ring (bicyclic) bond motifs is 1. The van der Waals surface area contributed by atoms with E-state index in [2.05, 4.69) is 31.9 Å². The van der Waals surface area contributed by atoms with Gasteiger partial charge in [-0.3, -0.25) is 0 Å². The first-order valence-corrected chi connectivity index (χ1v) is 9.42. The number of alkyl halides is 3. The number of carboxylic acids is 1. The SMILES string of the molecule is Cc1cc(Br)c2c(c1)C=C(C(=O)O)C(C(F)(F)F)O2.Cc1ccc(O)c(Br)c1. The van der Waals surface area contributed by atoms with Crippen molar-refractivity contribution in [2.75, 3.05) is 0 Å². The Kier molecular flexibility index (Phi) is 6.82. The number of carbonyl (C=O) groups is 1. The van der Waals surface area contributed by atoms with Gasteiger partial charge in [0.05, 0.1) is 14.5 Å². The highest BCUT2D eigenvalue weighted by Gasteiger charge is 2.48. The van der Waals surface area contributed by atoms with Gasteiger partial charge >= 0.3 is 12.1 Å². The van der Waals surface area contributed by atoms with Crippen LogP contribution in [0.1, 0.15) is 16.7 Å². The monoisotopic (exact) mass is 522 g/mol. The fourth-order valence-electron chi connectivity index (χ4n) is 2.44. The van der Waals surface area contributed by atoms with Crippen LogP contribution in [-0.2, 0) is 4.79 Å². The van der Waals surface area contributed by atoms with Gasteiger partial charge in [0.2, 0.25) is 6.10 Å². The number of ether oxygens (including phenoxy) is 1. The van der Waals surface area contributed by atoms with Crippen LogP contribution >= 0.6 is 31.9 Å². The summed E-state index contributed by atoms with van der Waals surface area (Å²) < 4.78 is 44.4. The Labute approximate surface area is 175 Å². The Balaban J connectivity index is 0.000000261. The number of phenols is 1. The highest BCUT2D eigenvalue weighted by molar-refractivity contribution is 9.10. The first-order chi connectivity index (χ1) is 12.9. The minimum absolute atomic E-state index is 0.00192. The van der Waals surface area contributed by atoms with E-state index in [0.717, 1.165) is 21.7 Å². The van der Waals surface area contributed by atoms with Gasteiger partial charge in [0.1, 0.15) is 11.5 Å². The predicted molar refractivity (Wildman–Crippen MR) is 106 cm³/mol. The van der Waals surface area contributed by atoms with Crippen LogP contribution < -0.4 is 4.74 Å². The molecule has 3 rings (SSSR count). The minimum atomic E-state index is -4.79. The molecule has 0 saturated heterocycles. The van der Waals surface area contributed by atoms with Crippen molar-refractivity contribution >= 4 is 43.9 Å². The molecule has 0 bridgehead atoms. The van der Waals surface area contributed by atoms with Crippen molar-refractivity contribution < 1.29 is 32.9 Å². The normalized spacial score (nSPS) is 15.5. The number of aromatic hydroxyl groups is 1. The van der Waals surface area contributed by atoms with E-state index in [-0.39, 0.29) is 5.75 Å². The summed E-state index contributed by atoms with van der Waals surface area (Å²) >= 11 is 6.31. The quantitative estimate of drug-likeness (QED) is 0.480. The maximum Gasteiger partial charge on any atom is 0.430 e. The van der Waals surface area contributed by atoms with Crippen molar-refractivity contribution in [3.8, 4) is 11.5 Å². The number of benzene rings is 2. The molecule has 2 N–H and O–H groups in total. The van der Waals surface area contributed by atoms with Crippen LogP contribution in [0, 0.1) is 13.8 Å². The summed E-state index contributed by atoms with van der Waals surface area (Å²) in [4.78, 5) is 10.9. The second-order valence-corrected chi connectivity index (χ2v) is 7.77. The summed E-state index contributed by atoms with van der Waals surface area (Å²) in [5.74, 6) is -1.36. The molecule has 0 radical (unpaired) electrons. The van der Waals surface area contributed by atoms with E-state index < -0.39 is 23.8 Å². The van der Waals surface area contributed by atoms with Crippen LogP contribution in [-0.4, -0.2) is 28.5 Å². The van der Waals surface area contributed by atoms with E-state index in [9.17, 15) is 18.0 Å². The fraction of sp³-hybridized carbons (Fsp3) is 0.211. The molecule has 1 aliphatic heterocycles. The zero-order valence-electron chi connectivity index (χ0n) is 14.6. The van der Waals surface area contributed by atoms with Gasteiger partial charge in [-0.05, 0) is 87.2 Å². The van der Waals surface area contributed by atoms with Gasteiger partial charge in [-0.1, -0.05) is 6.07 Å².